The molecule has 1 atom stereocenters. The first-order valence-corrected chi connectivity index (χ1v) is 14.5. The average molecular weight is 479 g/mol. The number of hydrogen-bond acceptors (Lipinski definition) is 0. The van der Waals surface area contributed by atoms with Crippen LogP contribution in [-0.2, 0) is 18.3 Å². The Bertz CT molecular complexity index is 1210. The van der Waals surface area contributed by atoms with E-state index in [-0.39, 0.29) is 5.41 Å². The van der Waals surface area contributed by atoms with Crippen molar-refractivity contribution in [2.45, 2.75) is 90.9 Å². The van der Waals surface area contributed by atoms with Gasteiger partial charge in [0.15, 0.2) is 12.4 Å². The maximum atomic E-state index is 2.53. The van der Waals surface area contributed by atoms with E-state index in [1.807, 2.05) is 0 Å². The van der Waals surface area contributed by atoms with Crippen LogP contribution in [0.5, 0.6) is 0 Å². The predicted molar refractivity (Wildman–Crippen MR) is 154 cm³/mol. The molecule has 1 unspecified atom stereocenters. The van der Waals surface area contributed by atoms with E-state index in [1.54, 1.807) is 0 Å². The zero-order valence-electron chi connectivity index (χ0n) is 22.9. The van der Waals surface area contributed by atoms with Gasteiger partial charge in [0, 0.05) is 17.0 Å². The molecule has 3 aromatic rings. The molecule has 2 aromatic carbocycles. The topological polar surface area (TPSA) is 3.88 Å². The molecule has 0 radical (unpaired) electrons. The summed E-state index contributed by atoms with van der Waals surface area (Å²) >= 11 is 0. The highest BCUT2D eigenvalue weighted by Crippen LogP contribution is 2.53. The first-order chi connectivity index (χ1) is 17.5. The Hall–Kier alpha value is -2.67. The second kappa shape index (κ2) is 10.8. The van der Waals surface area contributed by atoms with Crippen molar-refractivity contribution in [2.24, 2.45) is 11.8 Å². The molecule has 1 aliphatic heterocycles. The lowest BCUT2D eigenvalue weighted by molar-refractivity contribution is -0.556. The molecule has 36 heavy (non-hydrogen) atoms. The predicted octanol–water partition coefficient (Wildman–Crippen LogP) is 9.17. The second-order valence-corrected chi connectivity index (χ2v) is 11.7. The van der Waals surface area contributed by atoms with Gasteiger partial charge in [-0.3, -0.25) is 0 Å². The number of fused-ring (bicyclic) bond motifs is 3. The van der Waals surface area contributed by atoms with Crippen molar-refractivity contribution in [1.29, 1.82) is 0 Å². The highest BCUT2D eigenvalue weighted by molar-refractivity contribution is 5.75. The highest BCUT2D eigenvalue weighted by Gasteiger charge is 2.46. The Morgan fingerprint density at radius 2 is 1.61 bits per heavy atom. The molecule has 0 N–H and O–H groups in total. The summed E-state index contributed by atoms with van der Waals surface area (Å²) in [5.74, 6) is 1.42. The molecule has 5 rings (SSSR count). The van der Waals surface area contributed by atoms with Crippen LogP contribution in [0.25, 0.3) is 28.6 Å². The first kappa shape index (κ1) is 25.0. The van der Waals surface area contributed by atoms with Crippen LogP contribution < -0.4 is 4.57 Å². The highest BCUT2D eigenvalue weighted by atomic mass is 14.9. The zero-order chi connectivity index (χ0) is 25.1. The molecule has 2 heterocycles. The molecular formula is C35H44N+. The van der Waals surface area contributed by atoms with Crippen LogP contribution in [0.3, 0.4) is 0 Å². The summed E-state index contributed by atoms with van der Waals surface area (Å²) in [5, 5.41) is 0. The van der Waals surface area contributed by atoms with Crippen LogP contribution in [-0.4, -0.2) is 0 Å². The molecule has 188 valence electrons. The SMILES string of the molecule is CCCCCCc1ccc(-c2ccc3c(c2)-c2ccc(CC(C)C)c[n+]2C=CC3(CC)C2CC2)cc1. The van der Waals surface area contributed by atoms with Gasteiger partial charge in [-0.05, 0) is 90.8 Å². The minimum atomic E-state index is 0.139. The van der Waals surface area contributed by atoms with Crippen molar-refractivity contribution in [1.82, 2.24) is 0 Å². The maximum Gasteiger partial charge on any atom is 0.218 e. The molecule has 1 fully saturated rings. The maximum absolute atomic E-state index is 2.53. The molecule has 1 aromatic heterocycles. The minimum absolute atomic E-state index is 0.139. The van der Waals surface area contributed by atoms with Gasteiger partial charge >= 0.3 is 0 Å². The summed E-state index contributed by atoms with van der Waals surface area (Å²) < 4.78 is 2.40. The third-order valence-corrected chi connectivity index (χ3v) is 8.51. The number of unbranched alkanes of at least 4 members (excludes halogenated alkanes) is 3. The average Bonchev–Trinajstić information content (AvgIpc) is 3.74. The molecular weight excluding hydrogens is 434 g/mol. The number of nitrogens with zero attached hydrogens (tertiary/aromatic N) is 1. The van der Waals surface area contributed by atoms with E-state index in [0.29, 0.717) is 5.92 Å². The Labute approximate surface area is 219 Å². The van der Waals surface area contributed by atoms with E-state index in [4.69, 9.17) is 0 Å². The lowest BCUT2D eigenvalue weighted by Gasteiger charge is -2.30. The molecule has 1 saturated carbocycles. The van der Waals surface area contributed by atoms with E-state index in [2.05, 4.69) is 105 Å². The van der Waals surface area contributed by atoms with E-state index < -0.39 is 0 Å². The molecule has 1 heteroatoms. The number of hydrogen-bond donors (Lipinski definition) is 0. The van der Waals surface area contributed by atoms with Gasteiger partial charge in [-0.1, -0.05) is 83.4 Å². The van der Waals surface area contributed by atoms with E-state index >= 15 is 0 Å². The van der Waals surface area contributed by atoms with Crippen molar-refractivity contribution in [2.75, 3.05) is 0 Å². The van der Waals surface area contributed by atoms with Crippen LogP contribution in [0.2, 0.25) is 0 Å². The number of allylic oxidation sites excluding steroid dienone is 1. The molecule has 1 aliphatic carbocycles. The van der Waals surface area contributed by atoms with Crippen LogP contribution in [0.1, 0.15) is 89.3 Å². The van der Waals surface area contributed by atoms with Gasteiger partial charge in [0.1, 0.15) is 0 Å². The Kier molecular flexibility index (Phi) is 7.47. The number of pyridine rings is 1. The Morgan fingerprint density at radius 1 is 0.861 bits per heavy atom. The van der Waals surface area contributed by atoms with Gasteiger partial charge in [0.2, 0.25) is 5.69 Å². The molecule has 1 nitrogen and oxygen atoms in total. The molecule has 2 aliphatic rings. The van der Waals surface area contributed by atoms with Gasteiger partial charge in [-0.15, -0.1) is 0 Å². The van der Waals surface area contributed by atoms with E-state index in [1.165, 1.54) is 84.0 Å². The molecule has 0 saturated heterocycles. The Morgan fingerprint density at radius 3 is 2.31 bits per heavy atom. The quantitative estimate of drug-likeness (QED) is 0.202. The van der Waals surface area contributed by atoms with Crippen LogP contribution >= 0.6 is 0 Å². The fraction of sp³-hybridized carbons (Fsp3) is 0.457. The summed E-state index contributed by atoms with van der Waals surface area (Å²) in [6, 6.07) is 21.4. The minimum Gasteiger partial charge on any atom is -0.167 e. The van der Waals surface area contributed by atoms with Crippen molar-refractivity contribution in [3.63, 3.8) is 0 Å². The van der Waals surface area contributed by atoms with E-state index in [9.17, 15) is 0 Å². The summed E-state index contributed by atoms with van der Waals surface area (Å²) in [4.78, 5) is 0. The number of rotatable bonds is 10. The van der Waals surface area contributed by atoms with Crippen molar-refractivity contribution >= 4 is 6.20 Å². The van der Waals surface area contributed by atoms with E-state index in [0.717, 1.165) is 18.8 Å². The fourth-order valence-corrected chi connectivity index (χ4v) is 6.32. The molecule has 0 spiro atoms. The van der Waals surface area contributed by atoms with Gasteiger partial charge < -0.3 is 0 Å². The number of aromatic nitrogens is 1. The largest absolute Gasteiger partial charge is 0.218 e. The molecule has 0 bridgehead atoms. The zero-order valence-corrected chi connectivity index (χ0v) is 22.9. The smallest absolute Gasteiger partial charge is 0.167 e. The van der Waals surface area contributed by atoms with Crippen molar-refractivity contribution < 1.29 is 4.57 Å². The van der Waals surface area contributed by atoms with Crippen LogP contribution in [0.4, 0.5) is 0 Å². The van der Waals surface area contributed by atoms with Crippen LogP contribution in [0, 0.1) is 11.8 Å². The summed E-state index contributed by atoms with van der Waals surface area (Å²) in [7, 11) is 0. The number of benzene rings is 2. The van der Waals surface area contributed by atoms with Crippen molar-refractivity contribution in [3.8, 4) is 22.4 Å². The summed E-state index contributed by atoms with van der Waals surface area (Å²) in [6.45, 7) is 9.27. The first-order valence-electron chi connectivity index (χ1n) is 14.5. The number of aryl methyl sites for hydroxylation is 1. The van der Waals surface area contributed by atoms with Gasteiger partial charge in [-0.25, -0.2) is 0 Å². The van der Waals surface area contributed by atoms with Gasteiger partial charge in [-0.2, -0.15) is 4.57 Å². The third-order valence-electron chi connectivity index (χ3n) is 8.51. The third kappa shape index (κ3) is 5.08. The lowest BCUT2D eigenvalue weighted by atomic mass is 9.71. The Balaban J connectivity index is 1.53. The fourth-order valence-electron chi connectivity index (χ4n) is 6.32. The van der Waals surface area contributed by atoms with Gasteiger partial charge in [0.25, 0.3) is 0 Å². The van der Waals surface area contributed by atoms with Crippen LogP contribution in [0.15, 0.2) is 66.9 Å². The standard InChI is InChI=1S/C35H44N/c1-5-7-8-9-10-27-11-14-29(15-12-27)30-16-19-33-32(24-30)34-20-13-28(23-26(3)4)25-36(34)22-21-35(33,6-2)31-17-18-31/h11-16,19-22,24-26,31H,5-10,17-18,23H2,1-4H3/q+1. The summed E-state index contributed by atoms with van der Waals surface area (Å²) in [6.07, 6.45) is 18.7. The normalized spacial score (nSPS) is 18.7. The second-order valence-electron chi connectivity index (χ2n) is 11.7. The van der Waals surface area contributed by atoms with Crippen molar-refractivity contribution in [3.05, 3.63) is 83.6 Å². The summed E-state index contributed by atoms with van der Waals surface area (Å²) in [5.41, 5.74) is 9.91. The lowest BCUT2D eigenvalue weighted by Crippen LogP contribution is -2.29. The monoisotopic (exact) mass is 478 g/mol. The van der Waals surface area contributed by atoms with Gasteiger partial charge in [0.05, 0.1) is 5.56 Å². The molecule has 0 amide bonds.